The quantitative estimate of drug-likeness (QED) is 0.453. The Balaban J connectivity index is 2.42. The Hall–Kier alpha value is -2.23. The zero-order chi connectivity index (χ0) is 18.9. The van der Waals surface area contributed by atoms with Gasteiger partial charge in [0.2, 0.25) is 11.8 Å². The molecule has 1 aromatic carbocycles. The molecule has 3 N–H and O–H groups in total. The topological polar surface area (TPSA) is 95.5 Å². The lowest BCUT2D eigenvalue weighted by atomic mass is 10.2. The summed E-state index contributed by atoms with van der Waals surface area (Å²) in [4.78, 5) is 33.4. The first kappa shape index (κ1) is 20.8. The molecule has 0 unspecified atom stereocenters. The van der Waals surface area contributed by atoms with E-state index in [9.17, 15) is 27.6 Å². The van der Waals surface area contributed by atoms with Crippen LogP contribution in [-0.4, -0.2) is 41.4 Å². The van der Waals surface area contributed by atoms with Gasteiger partial charge in [0.1, 0.15) is 13.0 Å². The molecule has 0 aliphatic carbocycles. The van der Waals surface area contributed by atoms with Gasteiger partial charge in [0.25, 0.3) is 0 Å². The van der Waals surface area contributed by atoms with Gasteiger partial charge in [0, 0.05) is 17.2 Å². The van der Waals surface area contributed by atoms with Gasteiger partial charge in [-0.05, 0) is 17.7 Å². The molecule has 0 atom stereocenters. The van der Waals surface area contributed by atoms with Crippen LogP contribution >= 0.6 is 11.8 Å². The predicted molar refractivity (Wildman–Crippen MR) is 87.2 cm³/mol. The summed E-state index contributed by atoms with van der Waals surface area (Å²) in [5.74, 6) is -1.63. The monoisotopic (exact) mass is 378 g/mol. The third-order valence-corrected chi connectivity index (χ3v) is 3.78. The van der Waals surface area contributed by atoms with E-state index in [-0.39, 0.29) is 6.42 Å². The first-order valence-corrected chi connectivity index (χ1v) is 8.33. The number of aliphatic carboxylic acids is 1. The number of carboxylic acid groups (broad SMARTS) is 1. The van der Waals surface area contributed by atoms with Crippen molar-refractivity contribution in [1.29, 1.82) is 0 Å². The number of alkyl halides is 3. The lowest BCUT2D eigenvalue weighted by Gasteiger charge is -2.09. The average molecular weight is 378 g/mol. The molecule has 0 saturated carbocycles. The van der Waals surface area contributed by atoms with Gasteiger partial charge < -0.3 is 15.7 Å². The largest absolute Gasteiger partial charge is 0.481 e. The summed E-state index contributed by atoms with van der Waals surface area (Å²) >= 11 is 1.42. The van der Waals surface area contributed by atoms with Crippen LogP contribution in [0.5, 0.6) is 0 Å². The fourth-order valence-corrected chi connectivity index (χ4v) is 2.58. The van der Waals surface area contributed by atoms with Crippen molar-refractivity contribution in [2.24, 2.45) is 0 Å². The maximum absolute atomic E-state index is 12.0. The van der Waals surface area contributed by atoms with Crippen molar-refractivity contribution in [1.82, 2.24) is 5.32 Å². The molecule has 0 spiro atoms. The second-order valence-corrected chi connectivity index (χ2v) is 6.12. The van der Waals surface area contributed by atoms with Crippen LogP contribution in [0.25, 0.3) is 0 Å². The number of halogens is 3. The number of thioether (sulfide) groups is 1. The summed E-state index contributed by atoms with van der Waals surface area (Å²) in [6.07, 6.45) is -5.19. The Morgan fingerprint density at radius 3 is 2.52 bits per heavy atom. The normalized spacial score (nSPS) is 11.0. The van der Waals surface area contributed by atoms with E-state index in [1.807, 2.05) is 0 Å². The van der Waals surface area contributed by atoms with Crippen LogP contribution in [0.3, 0.4) is 0 Å². The standard InChI is InChI=1S/C15H17F3N2O4S/c16-15(17,18)9-19-12(21)7-13(22)20-11-3-1-2-10(6-11)8-25-5-4-14(23)24/h1-3,6H,4-5,7-9H2,(H,19,21)(H,20,22)(H,23,24). The number of benzene rings is 1. The molecule has 0 heterocycles. The van der Waals surface area contributed by atoms with Crippen molar-refractivity contribution in [3.05, 3.63) is 29.8 Å². The van der Waals surface area contributed by atoms with Crippen molar-refractivity contribution < 1.29 is 32.7 Å². The van der Waals surface area contributed by atoms with Crippen LogP contribution in [0.1, 0.15) is 18.4 Å². The second-order valence-electron chi connectivity index (χ2n) is 5.01. The Bertz CT molecular complexity index is 623. The summed E-state index contributed by atoms with van der Waals surface area (Å²) in [5.41, 5.74) is 1.25. The van der Waals surface area contributed by atoms with Gasteiger partial charge in [0.05, 0.1) is 6.42 Å². The zero-order valence-electron chi connectivity index (χ0n) is 13.1. The molecule has 0 radical (unpaired) electrons. The highest BCUT2D eigenvalue weighted by atomic mass is 32.2. The van der Waals surface area contributed by atoms with Gasteiger partial charge >= 0.3 is 12.1 Å². The number of anilines is 1. The Kier molecular flexibility index (Phi) is 8.26. The third-order valence-electron chi connectivity index (χ3n) is 2.75. The van der Waals surface area contributed by atoms with Crippen molar-refractivity contribution in [3.63, 3.8) is 0 Å². The van der Waals surface area contributed by atoms with E-state index >= 15 is 0 Å². The van der Waals surface area contributed by atoms with Crippen LogP contribution < -0.4 is 10.6 Å². The second kappa shape index (κ2) is 9.92. The van der Waals surface area contributed by atoms with E-state index in [0.29, 0.717) is 17.2 Å². The molecular weight excluding hydrogens is 361 g/mol. The molecule has 25 heavy (non-hydrogen) atoms. The average Bonchev–Trinajstić information content (AvgIpc) is 2.49. The molecule has 0 aliphatic heterocycles. The van der Waals surface area contributed by atoms with Gasteiger partial charge in [-0.3, -0.25) is 14.4 Å². The van der Waals surface area contributed by atoms with E-state index in [0.717, 1.165) is 5.56 Å². The zero-order valence-corrected chi connectivity index (χ0v) is 13.9. The van der Waals surface area contributed by atoms with Crippen LogP contribution in [0, 0.1) is 0 Å². The van der Waals surface area contributed by atoms with E-state index in [1.54, 1.807) is 29.6 Å². The molecule has 138 valence electrons. The van der Waals surface area contributed by atoms with Crippen LogP contribution in [0.2, 0.25) is 0 Å². The molecule has 2 amide bonds. The summed E-state index contributed by atoms with van der Waals surface area (Å²) in [6, 6.07) is 6.70. The molecule has 1 rings (SSSR count). The van der Waals surface area contributed by atoms with Crippen LogP contribution in [0.4, 0.5) is 18.9 Å². The van der Waals surface area contributed by atoms with Crippen molar-refractivity contribution in [2.45, 2.75) is 24.8 Å². The van der Waals surface area contributed by atoms with Gasteiger partial charge in [-0.2, -0.15) is 24.9 Å². The first-order chi connectivity index (χ1) is 11.7. The Morgan fingerprint density at radius 2 is 1.88 bits per heavy atom. The van der Waals surface area contributed by atoms with Crippen molar-refractivity contribution in [3.8, 4) is 0 Å². The lowest BCUT2D eigenvalue weighted by Crippen LogP contribution is -2.35. The summed E-state index contributed by atoms with van der Waals surface area (Å²) in [6.45, 7) is -1.48. The minimum atomic E-state index is -4.53. The highest BCUT2D eigenvalue weighted by molar-refractivity contribution is 7.98. The van der Waals surface area contributed by atoms with E-state index in [2.05, 4.69) is 5.32 Å². The molecule has 0 saturated heterocycles. The van der Waals surface area contributed by atoms with Crippen LogP contribution in [-0.2, 0) is 20.1 Å². The highest BCUT2D eigenvalue weighted by Crippen LogP contribution is 2.17. The van der Waals surface area contributed by atoms with Gasteiger partial charge in [-0.25, -0.2) is 0 Å². The highest BCUT2D eigenvalue weighted by Gasteiger charge is 2.27. The first-order valence-electron chi connectivity index (χ1n) is 7.17. The van der Waals surface area contributed by atoms with Crippen molar-refractivity contribution >= 4 is 35.2 Å². The minimum absolute atomic E-state index is 0.0497. The van der Waals surface area contributed by atoms with Gasteiger partial charge in [-0.1, -0.05) is 12.1 Å². The number of nitrogens with one attached hydrogen (secondary N) is 2. The number of hydrogen-bond donors (Lipinski definition) is 3. The lowest BCUT2D eigenvalue weighted by molar-refractivity contribution is -0.140. The maximum Gasteiger partial charge on any atom is 0.405 e. The number of amides is 2. The molecule has 10 heteroatoms. The molecule has 1 aromatic rings. The van der Waals surface area contributed by atoms with Gasteiger partial charge in [0.15, 0.2) is 0 Å². The SMILES string of the molecule is O=C(O)CCSCc1cccc(NC(=O)CC(=O)NCC(F)(F)F)c1. The molecule has 0 aromatic heterocycles. The third kappa shape index (κ3) is 10.3. The number of hydrogen-bond acceptors (Lipinski definition) is 4. The summed E-state index contributed by atoms with van der Waals surface area (Å²) < 4.78 is 35.9. The predicted octanol–water partition coefficient (Wildman–Crippen LogP) is 2.40. The number of carboxylic acids is 1. The number of carbonyl (C=O) groups excluding carboxylic acids is 2. The van der Waals surface area contributed by atoms with Crippen molar-refractivity contribution in [2.75, 3.05) is 17.6 Å². The van der Waals surface area contributed by atoms with Crippen LogP contribution in [0.15, 0.2) is 24.3 Å². The van der Waals surface area contributed by atoms with E-state index in [4.69, 9.17) is 5.11 Å². The van der Waals surface area contributed by atoms with E-state index in [1.165, 1.54) is 11.8 Å². The molecule has 6 nitrogen and oxygen atoms in total. The Labute approximate surface area is 146 Å². The summed E-state index contributed by atoms with van der Waals surface area (Å²) in [7, 11) is 0. The fourth-order valence-electron chi connectivity index (χ4n) is 1.70. The molecule has 0 aliphatic rings. The van der Waals surface area contributed by atoms with E-state index < -0.39 is 36.9 Å². The smallest absolute Gasteiger partial charge is 0.405 e. The number of carbonyl (C=O) groups is 3. The number of rotatable bonds is 9. The fraction of sp³-hybridized carbons (Fsp3) is 0.400. The Morgan fingerprint density at radius 1 is 1.16 bits per heavy atom. The molecular formula is C15H17F3N2O4S. The molecule has 0 fully saturated rings. The van der Waals surface area contributed by atoms with Gasteiger partial charge in [-0.15, -0.1) is 0 Å². The minimum Gasteiger partial charge on any atom is -0.481 e. The summed E-state index contributed by atoms with van der Waals surface area (Å²) in [5, 5.41) is 12.6. The maximum atomic E-state index is 12.0. The molecule has 0 bridgehead atoms.